The van der Waals surface area contributed by atoms with Crippen molar-refractivity contribution in [3.8, 4) is 11.5 Å². The number of alkyl halides is 3. The fourth-order valence-corrected chi connectivity index (χ4v) is 4.86. The van der Waals surface area contributed by atoms with Crippen LogP contribution in [0.25, 0.3) is 0 Å². The zero-order valence-electron chi connectivity index (χ0n) is 20.5. The Morgan fingerprint density at radius 2 is 1.78 bits per heavy atom. The second kappa shape index (κ2) is 10.1. The molecule has 37 heavy (non-hydrogen) atoms. The summed E-state index contributed by atoms with van der Waals surface area (Å²) in [5.41, 5.74) is -1.29. The first-order chi connectivity index (χ1) is 17.4. The number of rotatable bonds is 6. The molecule has 198 valence electrons. The molecule has 10 heteroatoms. The Labute approximate surface area is 216 Å². The molecular weight excluding hydrogens is 517 g/mol. The first-order valence-corrected chi connectivity index (χ1v) is 11.9. The van der Waals surface area contributed by atoms with Crippen LogP contribution in [0.2, 0.25) is 5.02 Å². The highest BCUT2D eigenvalue weighted by molar-refractivity contribution is 6.32. The molecule has 1 fully saturated rings. The van der Waals surface area contributed by atoms with Crippen molar-refractivity contribution in [3.63, 3.8) is 0 Å². The van der Waals surface area contributed by atoms with Gasteiger partial charge in [-0.2, -0.15) is 17.6 Å². The van der Waals surface area contributed by atoms with Gasteiger partial charge in [-0.3, -0.25) is 4.98 Å². The molecule has 2 heterocycles. The maximum Gasteiger partial charge on any atom is 0.417 e. The van der Waals surface area contributed by atoms with Crippen LogP contribution >= 0.6 is 11.6 Å². The zero-order valence-corrected chi connectivity index (χ0v) is 21.3. The topological polar surface area (TPSA) is 40.6 Å². The van der Waals surface area contributed by atoms with Gasteiger partial charge in [-0.1, -0.05) is 54.9 Å². The summed E-state index contributed by atoms with van der Waals surface area (Å²) >= 11 is 6.42. The van der Waals surface area contributed by atoms with Crippen molar-refractivity contribution in [2.24, 2.45) is 5.92 Å². The molecule has 0 amide bonds. The van der Waals surface area contributed by atoms with Crippen molar-refractivity contribution in [1.29, 1.82) is 0 Å². The van der Waals surface area contributed by atoms with E-state index < -0.39 is 47.1 Å². The van der Waals surface area contributed by atoms with Gasteiger partial charge >= 0.3 is 6.18 Å². The highest BCUT2D eigenvalue weighted by Crippen LogP contribution is 2.59. The molecule has 1 aliphatic rings. The van der Waals surface area contributed by atoms with Gasteiger partial charge in [0.25, 0.3) is 0 Å². The molecule has 1 aliphatic heterocycles. The molecule has 0 radical (unpaired) electrons. The summed E-state index contributed by atoms with van der Waals surface area (Å²) in [5.74, 6) is -5.06. The molecule has 0 aliphatic carbocycles. The Morgan fingerprint density at radius 3 is 2.41 bits per heavy atom. The minimum absolute atomic E-state index is 0.0352. The smallest absolute Gasteiger partial charge is 0.417 e. The van der Waals surface area contributed by atoms with Gasteiger partial charge in [0, 0.05) is 23.5 Å². The van der Waals surface area contributed by atoms with Gasteiger partial charge in [-0.05, 0) is 25.5 Å². The van der Waals surface area contributed by atoms with Crippen molar-refractivity contribution in [2.75, 3.05) is 7.11 Å². The Hall–Kier alpha value is -2.91. The number of nitrogens with zero attached hydrogens (tertiary/aromatic N) is 1. The van der Waals surface area contributed by atoms with Crippen LogP contribution in [0.15, 0.2) is 48.5 Å². The maximum atomic E-state index is 14.6. The lowest BCUT2D eigenvalue weighted by atomic mass is 9.76. The fourth-order valence-electron chi connectivity index (χ4n) is 4.70. The average Bonchev–Trinajstić information content (AvgIpc) is 3.13. The van der Waals surface area contributed by atoms with E-state index in [0.29, 0.717) is 5.69 Å². The lowest BCUT2D eigenvalue weighted by molar-refractivity contribution is -0.275. The minimum atomic E-state index is -4.76. The summed E-state index contributed by atoms with van der Waals surface area (Å²) in [6, 6.07) is 12.7. The number of aryl methyl sites for hydroxylation is 1. The van der Waals surface area contributed by atoms with Crippen LogP contribution in [-0.4, -0.2) is 23.9 Å². The minimum Gasteiger partial charge on any atom is -0.493 e. The van der Waals surface area contributed by atoms with Gasteiger partial charge in [0.1, 0.15) is 23.5 Å². The van der Waals surface area contributed by atoms with Crippen LogP contribution in [0.5, 0.6) is 11.5 Å². The number of hydrogen-bond acceptors (Lipinski definition) is 4. The molecule has 4 atom stereocenters. The van der Waals surface area contributed by atoms with E-state index in [1.54, 1.807) is 6.92 Å². The first kappa shape index (κ1) is 27.1. The molecule has 3 aromatic rings. The van der Waals surface area contributed by atoms with Crippen molar-refractivity contribution in [3.05, 3.63) is 87.7 Å². The van der Waals surface area contributed by atoms with Gasteiger partial charge in [0.2, 0.25) is 5.82 Å². The number of benzene rings is 2. The predicted octanol–water partition coefficient (Wildman–Crippen LogP) is 7.72. The molecule has 4 nitrogen and oxygen atoms in total. The predicted molar refractivity (Wildman–Crippen MR) is 128 cm³/mol. The van der Waals surface area contributed by atoms with Gasteiger partial charge < -0.3 is 14.2 Å². The third-order valence-electron chi connectivity index (χ3n) is 6.95. The highest BCUT2D eigenvalue weighted by Gasteiger charge is 2.65. The van der Waals surface area contributed by atoms with Gasteiger partial charge in [0.15, 0.2) is 17.2 Å². The van der Waals surface area contributed by atoms with E-state index in [2.05, 4.69) is 4.98 Å². The van der Waals surface area contributed by atoms with E-state index in [1.165, 1.54) is 19.1 Å². The standard InChI is InChI=1S/C27H25ClF5NO3/c1-14-21(17-10-11-18(29)23(30)24(17)35-4)25(37-26(14,3)27(31,32)33)19-12-20(22(28)15(2)34-19)36-13-16-8-6-5-7-9-16/h5-12,14,21,25H,13H2,1-4H3/t14-,21-,25-,26+/m0/s1. The number of ether oxygens (including phenoxy) is 3. The number of halogens is 6. The molecule has 0 bridgehead atoms. The third kappa shape index (κ3) is 4.86. The van der Waals surface area contributed by atoms with E-state index >= 15 is 0 Å². The van der Waals surface area contributed by atoms with Crippen LogP contribution in [0.1, 0.15) is 48.4 Å². The van der Waals surface area contributed by atoms with Crippen molar-refractivity contribution >= 4 is 11.6 Å². The van der Waals surface area contributed by atoms with Crippen LogP contribution in [0.3, 0.4) is 0 Å². The molecule has 0 N–H and O–H groups in total. The Morgan fingerprint density at radius 1 is 1.11 bits per heavy atom. The van der Waals surface area contributed by atoms with E-state index in [4.69, 9.17) is 25.8 Å². The summed E-state index contributed by atoms with van der Waals surface area (Å²) in [7, 11) is 1.13. The van der Waals surface area contributed by atoms with Crippen LogP contribution in [0.4, 0.5) is 22.0 Å². The summed E-state index contributed by atoms with van der Waals surface area (Å²) in [5, 5.41) is 0.200. The summed E-state index contributed by atoms with van der Waals surface area (Å²) in [6.07, 6.45) is -6.06. The number of methoxy groups -OCH3 is 1. The normalized spacial score (nSPS) is 23.8. The largest absolute Gasteiger partial charge is 0.493 e. The van der Waals surface area contributed by atoms with E-state index in [-0.39, 0.29) is 28.6 Å². The van der Waals surface area contributed by atoms with Crippen LogP contribution in [-0.2, 0) is 11.3 Å². The molecule has 1 saturated heterocycles. The van der Waals surface area contributed by atoms with Gasteiger partial charge in [0.05, 0.1) is 18.5 Å². The number of aromatic nitrogens is 1. The molecule has 1 aromatic heterocycles. The lowest BCUT2D eigenvalue weighted by Crippen LogP contribution is -2.46. The van der Waals surface area contributed by atoms with Gasteiger partial charge in [-0.15, -0.1) is 0 Å². The highest BCUT2D eigenvalue weighted by atomic mass is 35.5. The van der Waals surface area contributed by atoms with E-state index in [9.17, 15) is 22.0 Å². The second-order valence-corrected chi connectivity index (χ2v) is 9.54. The fraction of sp³-hybridized carbons (Fsp3) is 0.370. The second-order valence-electron chi connectivity index (χ2n) is 9.16. The first-order valence-electron chi connectivity index (χ1n) is 11.5. The zero-order chi connectivity index (χ0) is 27.1. The monoisotopic (exact) mass is 541 g/mol. The van der Waals surface area contributed by atoms with Crippen molar-refractivity contribution in [1.82, 2.24) is 4.98 Å². The molecule has 0 unspecified atom stereocenters. The van der Waals surface area contributed by atoms with Crippen LogP contribution < -0.4 is 9.47 Å². The maximum absolute atomic E-state index is 14.6. The van der Waals surface area contributed by atoms with E-state index in [0.717, 1.165) is 25.7 Å². The molecule has 0 spiro atoms. The molecule has 0 saturated carbocycles. The summed E-state index contributed by atoms with van der Waals surface area (Å²) < 4.78 is 88.1. The molecule has 4 rings (SSSR count). The quantitative estimate of drug-likeness (QED) is 0.300. The average molecular weight is 542 g/mol. The Balaban J connectivity index is 1.83. The Kier molecular flexibility index (Phi) is 7.41. The van der Waals surface area contributed by atoms with Crippen molar-refractivity contribution in [2.45, 2.75) is 51.2 Å². The van der Waals surface area contributed by atoms with Crippen LogP contribution in [0, 0.1) is 24.5 Å². The summed E-state index contributed by atoms with van der Waals surface area (Å²) in [6.45, 7) is 4.04. The van der Waals surface area contributed by atoms with E-state index in [1.807, 2.05) is 30.3 Å². The van der Waals surface area contributed by atoms with Gasteiger partial charge in [-0.25, -0.2) is 4.39 Å². The molecular formula is C27H25ClF5NO3. The third-order valence-corrected chi connectivity index (χ3v) is 7.41. The Bertz CT molecular complexity index is 1290. The van der Waals surface area contributed by atoms with Crippen molar-refractivity contribution < 1.29 is 36.2 Å². The summed E-state index contributed by atoms with van der Waals surface area (Å²) in [4.78, 5) is 4.41. The lowest BCUT2D eigenvalue weighted by Gasteiger charge is -2.32. The SMILES string of the molecule is COc1c([C@H]2[C@H](c3cc(OCc4ccccc4)c(Cl)c(C)n3)O[C@@](C)(C(F)(F)F)[C@H]2C)ccc(F)c1F. The number of pyridine rings is 1. The number of hydrogen-bond donors (Lipinski definition) is 0. The molecule has 2 aromatic carbocycles.